The van der Waals surface area contributed by atoms with Gasteiger partial charge in [0.1, 0.15) is 5.82 Å². The van der Waals surface area contributed by atoms with E-state index in [2.05, 4.69) is 50.8 Å². The minimum absolute atomic E-state index is 0.443. The highest BCUT2D eigenvalue weighted by Crippen LogP contribution is 2.26. The molecule has 1 aliphatic rings. The molecule has 0 bridgehead atoms. The van der Waals surface area contributed by atoms with Gasteiger partial charge in [-0.05, 0) is 50.6 Å². The van der Waals surface area contributed by atoms with Crippen molar-refractivity contribution in [2.75, 3.05) is 24.2 Å². The van der Waals surface area contributed by atoms with Gasteiger partial charge in [0.05, 0.1) is 23.4 Å². The maximum Gasteiger partial charge on any atom is 0.229 e. The highest BCUT2D eigenvalue weighted by atomic mass is 15.1. The summed E-state index contributed by atoms with van der Waals surface area (Å²) in [7, 11) is 1.99. The van der Waals surface area contributed by atoms with Gasteiger partial charge < -0.3 is 16.0 Å². The Labute approximate surface area is 160 Å². The molecule has 3 rings (SSSR count). The predicted molar refractivity (Wildman–Crippen MR) is 108 cm³/mol. The standard InChI is InChI=1S/C21H24N6/c1-3-10-24-20-17(7-4-16-11-19(12-16)23-2)14-25-21(27-20)26-18-8-5-15(13-22)6-9-18/h5-6,8-9,14,16,19,23H,3,10-12H2,1-2H3,(H2,24,25,26,27)/t16-,19+. The lowest BCUT2D eigenvalue weighted by Crippen LogP contribution is -2.38. The fourth-order valence-corrected chi connectivity index (χ4v) is 2.82. The van der Waals surface area contributed by atoms with Crippen LogP contribution in [0.4, 0.5) is 17.5 Å². The molecule has 1 aromatic heterocycles. The first-order valence-corrected chi connectivity index (χ1v) is 9.28. The van der Waals surface area contributed by atoms with E-state index in [0.717, 1.165) is 42.9 Å². The molecule has 27 heavy (non-hydrogen) atoms. The molecule has 0 saturated heterocycles. The van der Waals surface area contributed by atoms with Gasteiger partial charge in [-0.3, -0.25) is 0 Å². The van der Waals surface area contributed by atoms with Crippen LogP contribution < -0.4 is 16.0 Å². The van der Waals surface area contributed by atoms with E-state index in [1.807, 2.05) is 19.2 Å². The Morgan fingerprint density at radius 1 is 1.22 bits per heavy atom. The summed E-state index contributed by atoms with van der Waals surface area (Å²) in [5.74, 6) is 8.28. The molecule has 138 valence electrons. The Morgan fingerprint density at radius 2 is 2.00 bits per heavy atom. The number of nitrogens with zero attached hydrogens (tertiary/aromatic N) is 3. The Kier molecular flexibility index (Phi) is 6.25. The van der Waals surface area contributed by atoms with Gasteiger partial charge in [-0.25, -0.2) is 4.98 Å². The van der Waals surface area contributed by atoms with Crippen LogP contribution >= 0.6 is 0 Å². The summed E-state index contributed by atoms with van der Waals surface area (Å²) >= 11 is 0. The molecule has 6 nitrogen and oxygen atoms in total. The second-order valence-electron chi connectivity index (χ2n) is 6.62. The zero-order chi connectivity index (χ0) is 19.1. The number of nitriles is 1. The van der Waals surface area contributed by atoms with E-state index < -0.39 is 0 Å². The highest BCUT2D eigenvalue weighted by molar-refractivity contribution is 5.60. The van der Waals surface area contributed by atoms with Crippen LogP contribution in [0.15, 0.2) is 30.5 Å². The predicted octanol–water partition coefficient (Wildman–Crippen LogP) is 3.26. The van der Waals surface area contributed by atoms with Gasteiger partial charge in [0.25, 0.3) is 0 Å². The minimum Gasteiger partial charge on any atom is -0.369 e. The van der Waals surface area contributed by atoms with Crippen molar-refractivity contribution in [3.05, 3.63) is 41.6 Å². The third-order valence-corrected chi connectivity index (χ3v) is 4.56. The lowest BCUT2D eigenvalue weighted by atomic mass is 9.81. The van der Waals surface area contributed by atoms with E-state index in [-0.39, 0.29) is 0 Å². The Hall–Kier alpha value is -3.09. The van der Waals surface area contributed by atoms with Crippen molar-refractivity contribution in [2.24, 2.45) is 5.92 Å². The van der Waals surface area contributed by atoms with E-state index in [1.54, 1.807) is 18.3 Å². The molecule has 0 spiro atoms. The quantitative estimate of drug-likeness (QED) is 0.686. The van der Waals surface area contributed by atoms with Gasteiger partial charge in [0, 0.05) is 24.2 Å². The number of nitrogens with one attached hydrogen (secondary N) is 3. The summed E-state index contributed by atoms with van der Waals surface area (Å²) < 4.78 is 0. The van der Waals surface area contributed by atoms with Gasteiger partial charge in [0.15, 0.2) is 0 Å². The molecule has 0 radical (unpaired) electrons. The molecule has 1 heterocycles. The number of hydrogen-bond donors (Lipinski definition) is 3. The maximum atomic E-state index is 8.89. The Morgan fingerprint density at radius 3 is 2.67 bits per heavy atom. The zero-order valence-corrected chi connectivity index (χ0v) is 15.7. The molecule has 1 fully saturated rings. The topological polar surface area (TPSA) is 85.7 Å². The van der Waals surface area contributed by atoms with Crippen LogP contribution in [0.2, 0.25) is 0 Å². The average molecular weight is 360 g/mol. The lowest BCUT2D eigenvalue weighted by Gasteiger charge is -2.31. The summed E-state index contributed by atoms with van der Waals surface area (Å²) in [5.41, 5.74) is 2.28. The van der Waals surface area contributed by atoms with Gasteiger partial charge in [-0.15, -0.1) is 0 Å². The molecular weight excluding hydrogens is 336 g/mol. The number of anilines is 3. The van der Waals surface area contributed by atoms with Crippen LogP contribution in [-0.2, 0) is 0 Å². The van der Waals surface area contributed by atoms with Gasteiger partial charge in [-0.2, -0.15) is 10.2 Å². The van der Waals surface area contributed by atoms with E-state index in [9.17, 15) is 0 Å². The van der Waals surface area contributed by atoms with Crippen molar-refractivity contribution < 1.29 is 0 Å². The summed E-state index contributed by atoms with van der Waals surface area (Å²) in [4.78, 5) is 8.98. The maximum absolute atomic E-state index is 8.89. The smallest absolute Gasteiger partial charge is 0.229 e. The molecule has 1 aliphatic carbocycles. The van der Waals surface area contributed by atoms with Crippen molar-refractivity contribution in [1.29, 1.82) is 5.26 Å². The first-order valence-electron chi connectivity index (χ1n) is 9.28. The normalized spacial score (nSPS) is 17.8. The van der Waals surface area contributed by atoms with E-state index in [0.29, 0.717) is 23.5 Å². The fraction of sp³-hybridized carbons (Fsp3) is 0.381. The second-order valence-corrected chi connectivity index (χ2v) is 6.62. The van der Waals surface area contributed by atoms with E-state index in [1.165, 1.54) is 0 Å². The summed E-state index contributed by atoms with van der Waals surface area (Å²) in [6, 6.07) is 9.90. The van der Waals surface area contributed by atoms with Gasteiger partial charge in [0.2, 0.25) is 5.95 Å². The number of aromatic nitrogens is 2. The van der Waals surface area contributed by atoms with Crippen molar-refractivity contribution >= 4 is 17.5 Å². The van der Waals surface area contributed by atoms with Crippen LogP contribution in [0.1, 0.15) is 37.3 Å². The molecule has 0 amide bonds. The third-order valence-electron chi connectivity index (χ3n) is 4.56. The van der Waals surface area contributed by atoms with Gasteiger partial charge in [-0.1, -0.05) is 18.8 Å². The average Bonchev–Trinajstić information content (AvgIpc) is 2.67. The first-order chi connectivity index (χ1) is 13.2. The second kappa shape index (κ2) is 9.02. The molecule has 3 N–H and O–H groups in total. The minimum atomic E-state index is 0.443. The highest BCUT2D eigenvalue weighted by Gasteiger charge is 2.25. The zero-order valence-electron chi connectivity index (χ0n) is 15.7. The molecule has 2 aromatic rings. The fourth-order valence-electron chi connectivity index (χ4n) is 2.82. The number of rotatable bonds is 6. The monoisotopic (exact) mass is 360 g/mol. The molecule has 6 heteroatoms. The van der Waals surface area contributed by atoms with E-state index in [4.69, 9.17) is 5.26 Å². The third kappa shape index (κ3) is 4.97. The summed E-state index contributed by atoms with van der Waals surface area (Å²) in [6.45, 7) is 2.94. The van der Waals surface area contributed by atoms with Crippen LogP contribution in [0, 0.1) is 29.1 Å². The molecule has 0 unspecified atom stereocenters. The molecular formula is C21H24N6. The van der Waals surface area contributed by atoms with Crippen molar-refractivity contribution in [3.63, 3.8) is 0 Å². The van der Waals surface area contributed by atoms with E-state index >= 15 is 0 Å². The lowest BCUT2D eigenvalue weighted by molar-refractivity contribution is 0.292. The first kappa shape index (κ1) is 18.7. The van der Waals surface area contributed by atoms with Crippen LogP contribution in [-0.4, -0.2) is 29.6 Å². The van der Waals surface area contributed by atoms with Crippen LogP contribution in [0.25, 0.3) is 0 Å². The summed E-state index contributed by atoms with van der Waals surface area (Å²) in [6.07, 6.45) is 4.96. The van der Waals surface area contributed by atoms with Gasteiger partial charge >= 0.3 is 0 Å². The van der Waals surface area contributed by atoms with Crippen LogP contribution in [0.3, 0.4) is 0 Å². The Bertz CT molecular complexity index is 866. The van der Waals surface area contributed by atoms with Crippen molar-refractivity contribution in [2.45, 2.75) is 32.2 Å². The molecule has 0 atom stereocenters. The Balaban J connectivity index is 1.74. The van der Waals surface area contributed by atoms with Crippen molar-refractivity contribution in [1.82, 2.24) is 15.3 Å². The molecule has 0 aliphatic heterocycles. The van der Waals surface area contributed by atoms with Crippen molar-refractivity contribution in [3.8, 4) is 17.9 Å². The molecule has 1 saturated carbocycles. The number of hydrogen-bond acceptors (Lipinski definition) is 6. The molecule has 1 aromatic carbocycles. The largest absolute Gasteiger partial charge is 0.369 e. The summed E-state index contributed by atoms with van der Waals surface area (Å²) in [5, 5.41) is 18.7. The number of benzene rings is 1. The SMILES string of the molecule is CCCNc1nc(Nc2ccc(C#N)cc2)ncc1C#C[C@H]1C[C@@H](NC)C1. The van der Waals surface area contributed by atoms with Crippen LogP contribution in [0.5, 0.6) is 0 Å².